The summed E-state index contributed by atoms with van der Waals surface area (Å²) < 4.78 is 1.98. The Hall–Kier alpha value is -2.09. The number of thiazole rings is 1. The van der Waals surface area contributed by atoms with Gasteiger partial charge in [0.05, 0.1) is 12.2 Å². The van der Waals surface area contributed by atoms with Gasteiger partial charge < -0.3 is 15.5 Å². The van der Waals surface area contributed by atoms with E-state index in [1.807, 2.05) is 23.3 Å². The highest BCUT2D eigenvalue weighted by atomic mass is 32.1. The Morgan fingerprint density at radius 1 is 1.24 bits per heavy atom. The molecule has 1 aliphatic rings. The van der Waals surface area contributed by atoms with E-state index >= 15 is 0 Å². The lowest BCUT2D eigenvalue weighted by atomic mass is 10.1. The third-order valence-corrected chi connectivity index (χ3v) is 5.55. The van der Waals surface area contributed by atoms with E-state index in [-0.39, 0.29) is 0 Å². The largest absolute Gasteiger partial charge is 0.370 e. The molecule has 0 atom stereocenters. The molecule has 2 N–H and O–H groups in total. The lowest BCUT2D eigenvalue weighted by Crippen LogP contribution is -2.51. The molecule has 3 heterocycles. The number of aliphatic imine (C=N–C) groups is 1. The van der Waals surface area contributed by atoms with Crippen molar-refractivity contribution in [3.63, 3.8) is 0 Å². The fourth-order valence-corrected chi connectivity index (χ4v) is 4.03. The molecular formula is C17H27N7S. The number of anilines is 1. The first-order chi connectivity index (χ1) is 12.1. The molecule has 8 heteroatoms. The van der Waals surface area contributed by atoms with E-state index in [4.69, 9.17) is 5.73 Å². The van der Waals surface area contributed by atoms with Gasteiger partial charge in [0.25, 0.3) is 0 Å². The monoisotopic (exact) mass is 361 g/mol. The highest BCUT2D eigenvalue weighted by molar-refractivity contribution is 7.13. The Kier molecular flexibility index (Phi) is 5.57. The van der Waals surface area contributed by atoms with E-state index in [2.05, 4.69) is 38.7 Å². The molecule has 7 nitrogen and oxygen atoms in total. The van der Waals surface area contributed by atoms with Crippen LogP contribution in [-0.2, 0) is 26.4 Å². The van der Waals surface area contributed by atoms with Crippen molar-refractivity contribution in [2.75, 3.05) is 31.1 Å². The van der Waals surface area contributed by atoms with Crippen molar-refractivity contribution < 1.29 is 0 Å². The van der Waals surface area contributed by atoms with Gasteiger partial charge in [-0.1, -0.05) is 13.8 Å². The van der Waals surface area contributed by atoms with E-state index in [0.29, 0.717) is 12.5 Å². The SMILES string of the molecule is CCc1nn(C)c(CC)c1CN=C(N)N1CCN(c2nccs2)CC1. The van der Waals surface area contributed by atoms with Crippen molar-refractivity contribution in [3.05, 3.63) is 28.5 Å². The van der Waals surface area contributed by atoms with E-state index < -0.39 is 0 Å². The quantitative estimate of drug-likeness (QED) is 0.647. The van der Waals surface area contributed by atoms with E-state index in [1.54, 1.807) is 11.3 Å². The van der Waals surface area contributed by atoms with E-state index in [0.717, 1.165) is 49.8 Å². The van der Waals surface area contributed by atoms with Gasteiger partial charge in [0.1, 0.15) is 0 Å². The third kappa shape index (κ3) is 3.78. The van der Waals surface area contributed by atoms with Crippen LogP contribution in [0, 0.1) is 0 Å². The number of hydrogen-bond acceptors (Lipinski definition) is 5. The predicted molar refractivity (Wildman–Crippen MR) is 103 cm³/mol. The topological polar surface area (TPSA) is 75.6 Å². The highest BCUT2D eigenvalue weighted by Crippen LogP contribution is 2.19. The van der Waals surface area contributed by atoms with Crippen LogP contribution in [0.5, 0.6) is 0 Å². The molecule has 3 rings (SSSR count). The molecule has 1 aliphatic heterocycles. The van der Waals surface area contributed by atoms with Gasteiger partial charge in [-0.05, 0) is 12.8 Å². The molecule has 0 amide bonds. The van der Waals surface area contributed by atoms with Gasteiger partial charge in [-0.2, -0.15) is 5.10 Å². The zero-order valence-corrected chi connectivity index (χ0v) is 16.1. The fourth-order valence-electron chi connectivity index (χ4n) is 3.33. The summed E-state index contributed by atoms with van der Waals surface area (Å²) in [5.74, 6) is 0.631. The summed E-state index contributed by atoms with van der Waals surface area (Å²) in [6.07, 6.45) is 3.73. The van der Waals surface area contributed by atoms with Crippen LogP contribution in [0.15, 0.2) is 16.6 Å². The minimum absolute atomic E-state index is 0.610. The maximum absolute atomic E-state index is 6.27. The number of hydrogen-bond donors (Lipinski definition) is 1. The molecule has 25 heavy (non-hydrogen) atoms. The minimum atomic E-state index is 0.610. The smallest absolute Gasteiger partial charge is 0.191 e. The molecule has 1 fully saturated rings. The first-order valence-electron chi connectivity index (χ1n) is 8.86. The second-order valence-electron chi connectivity index (χ2n) is 6.17. The van der Waals surface area contributed by atoms with Crippen molar-refractivity contribution in [2.24, 2.45) is 17.8 Å². The predicted octanol–water partition coefficient (Wildman–Crippen LogP) is 1.64. The van der Waals surface area contributed by atoms with Crippen LogP contribution in [0.3, 0.4) is 0 Å². The second kappa shape index (κ2) is 7.86. The van der Waals surface area contributed by atoms with Crippen LogP contribution in [-0.4, -0.2) is 51.8 Å². The summed E-state index contributed by atoms with van der Waals surface area (Å²) in [6, 6.07) is 0. The fraction of sp³-hybridized carbons (Fsp3) is 0.588. The van der Waals surface area contributed by atoms with Crippen LogP contribution in [0.1, 0.15) is 30.8 Å². The van der Waals surface area contributed by atoms with Gasteiger partial charge >= 0.3 is 0 Å². The maximum atomic E-state index is 6.27. The second-order valence-corrected chi connectivity index (χ2v) is 7.04. The molecule has 0 aromatic carbocycles. The van der Waals surface area contributed by atoms with Gasteiger partial charge in [0.15, 0.2) is 11.1 Å². The lowest BCUT2D eigenvalue weighted by molar-refractivity contribution is 0.380. The molecular weight excluding hydrogens is 334 g/mol. The molecule has 0 spiro atoms. The molecule has 2 aromatic rings. The lowest BCUT2D eigenvalue weighted by Gasteiger charge is -2.35. The Bertz CT molecular complexity index is 712. The number of rotatable bonds is 5. The Morgan fingerprint density at radius 3 is 2.60 bits per heavy atom. The highest BCUT2D eigenvalue weighted by Gasteiger charge is 2.20. The number of guanidine groups is 1. The minimum Gasteiger partial charge on any atom is -0.370 e. The van der Waals surface area contributed by atoms with Gasteiger partial charge in [0, 0.05) is 56.1 Å². The molecule has 0 bridgehead atoms. The Balaban J connectivity index is 1.63. The van der Waals surface area contributed by atoms with E-state index in [1.165, 1.54) is 11.3 Å². The van der Waals surface area contributed by atoms with Gasteiger partial charge in [-0.25, -0.2) is 9.98 Å². The number of aryl methyl sites for hydroxylation is 2. The van der Waals surface area contributed by atoms with Crippen molar-refractivity contribution in [1.29, 1.82) is 0 Å². The molecule has 1 saturated heterocycles. The zero-order valence-electron chi connectivity index (χ0n) is 15.3. The average Bonchev–Trinajstić information content (AvgIpc) is 3.27. The molecule has 0 radical (unpaired) electrons. The normalized spacial score (nSPS) is 15.9. The Morgan fingerprint density at radius 2 is 2.00 bits per heavy atom. The maximum Gasteiger partial charge on any atom is 0.191 e. The first-order valence-corrected chi connectivity index (χ1v) is 9.74. The van der Waals surface area contributed by atoms with Gasteiger partial charge in [-0.15, -0.1) is 11.3 Å². The van der Waals surface area contributed by atoms with E-state index in [9.17, 15) is 0 Å². The number of nitrogens with zero attached hydrogens (tertiary/aromatic N) is 6. The van der Waals surface area contributed by atoms with Crippen LogP contribution in [0.25, 0.3) is 0 Å². The zero-order chi connectivity index (χ0) is 17.8. The van der Waals surface area contributed by atoms with Crippen molar-refractivity contribution >= 4 is 22.4 Å². The summed E-state index contributed by atoms with van der Waals surface area (Å²) in [5, 5.41) is 7.71. The van der Waals surface area contributed by atoms with Crippen LogP contribution in [0.4, 0.5) is 5.13 Å². The van der Waals surface area contributed by atoms with Crippen molar-refractivity contribution in [2.45, 2.75) is 33.2 Å². The van der Waals surface area contributed by atoms with Crippen LogP contribution < -0.4 is 10.6 Å². The molecule has 0 aliphatic carbocycles. The molecule has 0 saturated carbocycles. The molecule has 0 unspecified atom stereocenters. The number of piperazine rings is 1. The summed E-state index contributed by atoms with van der Waals surface area (Å²) in [7, 11) is 2.01. The Labute approximate surface area is 153 Å². The van der Waals surface area contributed by atoms with Crippen molar-refractivity contribution in [1.82, 2.24) is 19.7 Å². The number of aromatic nitrogens is 3. The summed E-state index contributed by atoms with van der Waals surface area (Å²) in [4.78, 5) is 13.5. The first kappa shape index (κ1) is 17.7. The molecule has 136 valence electrons. The third-order valence-electron chi connectivity index (χ3n) is 4.72. The standard InChI is InChI=1S/C17H27N7S/c1-4-14-13(15(5-2)22(3)21-14)12-20-16(18)23-7-9-24(10-8-23)17-19-6-11-25-17/h6,11H,4-5,7-10,12H2,1-3H3,(H2,18,20). The van der Waals surface area contributed by atoms with Crippen molar-refractivity contribution in [3.8, 4) is 0 Å². The van der Waals surface area contributed by atoms with Gasteiger partial charge in [0.2, 0.25) is 0 Å². The van der Waals surface area contributed by atoms with Gasteiger partial charge in [-0.3, -0.25) is 4.68 Å². The summed E-state index contributed by atoms with van der Waals surface area (Å²) in [6.45, 7) is 8.51. The van der Waals surface area contributed by atoms with Crippen LogP contribution >= 0.6 is 11.3 Å². The summed E-state index contributed by atoms with van der Waals surface area (Å²) in [5.41, 5.74) is 9.88. The average molecular weight is 362 g/mol. The number of nitrogens with two attached hydrogens (primary N) is 1. The van der Waals surface area contributed by atoms with Crippen LogP contribution in [0.2, 0.25) is 0 Å². The summed E-state index contributed by atoms with van der Waals surface area (Å²) >= 11 is 1.68. The molecule has 2 aromatic heterocycles.